The fraction of sp³-hybridized carbons (Fsp3) is 1.00. The quantitative estimate of drug-likeness (QED) is 0.656. The van der Waals surface area contributed by atoms with Gasteiger partial charge in [0, 0.05) is 13.7 Å². The summed E-state index contributed by atoms with van der Waals surface area (Å²) in [5, 5.41) is 0. The number of ether oxygens (including phenoxy) is 2. The number of hydrogen-bond donors (Lipinski definition) is 0. The molecular formula is C21H38O2. The van der Waals surface area contributed by atoms with Gasteiger partial charge in [-0.15, -0.1) is 0 Å². The average Bonchev–Trinajstić information content (AvgIpc) is 2.61. The van der Waals surface area contributed by atoms with E-state index in [9.17, 15) is 0 Å². The summed E-state index contributed by atoms with van der Waals surface area (Å²) in [6, 6.07) is 0. The maximum atomic E-state index is 6.25. The lowest BCUT2D eigenvalue weighted by Gasteiger charge is -2.37. The average molecular weight is 323 g/mol. The van der Waals surface area contributed by atoms with E-state index in [1.165, 1.54) is 77.0 Å². The summed E-state index contributed by atoms with van der Waals surface area (Å²) in [6.07, 6.45) is 17.6. The van der Waals surface area contributed by atoms with Crippen LogP contribution in [0.3, 0.4) is 0 Å². The van der Waals surface area contributed by atoms with Crippen molar-refractivity contribution in [2.75, 3.05) is 13.7 Å². The van der Waals surface area contributed by atoms with E-state index >= 15 is 0 Å². The smallest absolute Gasteiger partial charge is 0.0577 e. The van der Waals surface area contributed by atoms with Crippen LogP contribution in [0, 0.1) is 23.7 Å². The van der Waals surface area contributed by atoms with Crippen LogP contribution >= 0.6 is 0 Å². The van der Waals surface area contributed by atoms with Gasteiger partial charge in [-0.1, -0.05) is 19.8 Å². The maximum Gasteiger partial charge on any atom is 0.0577 e. The first-order valence-electron chi connectivity index (χ1n) is 10.4. The highest BCUT2D eigenvalue weighted by molar-refractivity contribution is 4.81. The Morgan fingerprint density at radius 2 is 1.17 bits per heavy atom. The van der Waals surface area contributed by atoms with Gasteiger partial charge in [0.2, 0.25) is 0 Å². The first-order chi connectivity index (χ1) is 11.2. The lowest BCUT2D eigenvalue weighted by molar-refractivity contribution is -0.0344. The predicted molar refractivity (Wildman–Crippen MR) is 95.6 cm³/mol. The van der Waals surface area contributed by atoms with Crippen molar-refractivity contribution < 1.29 is 9.47 Å². The van der Waals surface area contributed by atoms with Crippen molar-refractivity contribution in [3.05, 3.63) is 0 Å². The second kappa shape index (κ2) is 8.85. The lowest BCUT2D eigenvalue weighted by Crippen LogP contribution is -2.30. The fourth-order valence-electron chi connectivity index (χ4n) is 5.29. The molecule has 0 amide bonds. The number of rotatable bonds is 5. The van der Waals surface area contributed by atoms with E-state index in [2.05, 4.69) is 6.92 Å². The fourth-order valence-corrected chi connectivity index (χ4v) is 5.29. The van der Waals surface area contributed by atoms with Crippen LogP contribution in [-0.2, 0) is 9.47 Å². The van der Waals surface area contributed by atoms with Crippen LogP contribution in [-0.4, -0.2) is 25.9 Å². The molecule has 0 N–H and O–H groups in total. The molecular weight excluding hydrogens is 284 g/mol. The van der Waals surface area contributed by atoms with Crippen molar-refractivity contribution >= 4 is 0 Å². The minimum absolute atomic E-state index is 0.489. The molecule has 134 valence electrons. The zero-order valence-corrected chi connectivity index (χ0v) is 15.5. The molecule has 0 atom stereocenters. The molecule has 3 fully saturated rings. The van der Waals surface area contributed by atoms with Crippen LogP contribution in [0.5, 0.6) is 0 Å². The van der Waals surface area contributed by atoms with Gasteiger partial charge in [-0.05, 0) is 87.9 Å². The van der Waals surface area contributed by atoms with Gasteiger partial charge < -0.3 is 9.47 Å². The Morgan fingerprint density at radius 1 is 0.652 bits per heavy atom. The minimum Gasteiger partial charge on any atom is -0.381 e. The zero-order chi connectivity index (χ0) is 16.1. The van der Waals surface area contributed by atoms with E-state index in [-0.39, 0.29) is 0 Å². The van der Waals surface area contributed by atoms with Crippen molar-refractivity contribution in [2.24, 2.45) is 23.7 Å². The third-order valence-electron chi connectivity index (χ3n) is 7.14. The molecule has 0 saturated heterocycles. The van der Waals surface area contributed by atoms with Gasteiger partial charge in [0.15, 0.2) is 0 Å². The van der Waals surface area contributed by atoms with E-state index in [1.54, 1.807) is 0 Å². The molecule has 2 heteroatoms. The van der Waals surface area contributed by atoms with Crippen molar-refractivity contribution in [1.82, 2.24) is 0 Å². The van der Waals surface area contributed by atoms with Crippen molar-refractivity contribution in [1.29, 1.82) is 0 Å². The van der Waals surface area contributed by atoms with Crippen molar-refractivity contribution in [2.45, 2.75) is 96.2 Å². The zero-order valence-electron chi connectivity index (χ0n) is 15.5. The highest BCUT2D eigenvalue weighted by Gasteiger charge is 2.30. The summed E-state index contributed by atoms with van der Waals surface area (Å²) in [6.45, 7) is 3.46. The largest absolute Gasteiger partial charge is 0.381 e. The SMILES string of the molecule is COC1CCC(OCC2CCC(C3CCC(C)CC3)CC2)CC1. The molecule has 23 heavy (non-hydrogen) atoms. The molecule has 0 spiro atoms. The Kier molecular flexibility index (Phi) is 6.83. The summed E-state index contributed by atoms with van der Waals surface area (Å²) in [5.74, 6) is 3.92. The molecule has 0 unspecified atom stereocenters. The lowest BCUT2D eigenvalue weighted by atomic mass is 9.69. The van der Waals surface area contributed by atoms with Gasteiger partial charge in [0.05, 0.1) is 12.2 Å². The summed E-state index contributed by atoms with van der Waals surface area (Å²) < 4.78 is 11.7. The molecule has 0 radical (unpaired) electrons. The highest BCUT2D eigenvalue weighted by atomic mass is 16.5. The van der Waals surface area contributed by atoms with Gasteiger partial charge >= 0.3 is 0 Å². The first kappa shape index (κ1) is 17.7. The van der Waals surface area contributed by atoms with E-state index in [4.69, 9.17) is 9.47 Å². The molecule has 2 nitrogen and oxygen atoms in total. The normalized spacial score (nSPS) is 42.5. The highest BCUT2D eigenvalue weighted by Crippen LogP contribution is 2.41. The van der Waals surface area contributed by atoms with E-state index in [1.807, 2.05) is 7.11 Å². The van der Waals surface area contributed by atoms with Crippen LogP contribution in [0.15, 0.2) is 0 Å². The van der Waals surface area contributed by atoms with E-state index in [0.717, 1.165) is 30.3 Å². The molecule has 3 saturated carbocycles. The minimum atomic E-state index is 0.489. The van der Waals surface area contributed by atoms with Crippen LogP contribution in [0.1, 0.15) is 84.0 Å². The Bertz CT molecular complexity index is 319. The van der Waals surface area contributed by atoms with Crippen LogP contribution < -0.4 is 0 Å². The second-order valence-electron chi connectivity index (χ2n) is 8.77. The maximum absolute atomic E-state index is 6.25. The topological polar surface area (TPSA) is 18.5 Å². The van der Waals surface area contributed by atoms with Gasteiger partial charge in [-0.3, -0.25) is 0 Å². The molecule has 0 aliphatic heterocycles. The Morgan fingerprint density at radius 3 is 1.74 bits per heavy atom. The Hall–Kier alpha value is -0.0800. The first-order valence-corrected chi connectivity index (χ1v) is 10.4. The van der Waals surface area contributed by atoms with Crippen LogP contribution in [0.2, 0.25) is 0 Å². The van der Waals surface area contributed by atoms with Crippen molar-refractivity contribution in [3.8, 4) is 0 Å². The third kappa shape index (κ3) is 5.19. The molecule has 0 bridgehead atoms. The van der Waals surface area contributed by atoms with Gasteiger partial charge in [-0.25, -0.2) is 0 Å². The Balaban J connectivity index is 1.30. The summed E-state index contributed by atoms with van der Waals surface area (Å²) in [5.41, 5.74) is 0. The van der Waals surface area contributed by atoms with Gasteiger partial charge in [0.1, 0.15) is 0 Å². The predicted octanol–water partition coefficient (Wildman–Crippen LogP) is 5.59. The van der Waals surface area contributed by atoms with Crippen LogP contribution in [0.4, 0.5) is 0 Å². The monoisotopic (exact) mass is 322 g/mol. The third-order valence-corrected chi connectivity index (χ3v) is 7.14. The molecule has 0 aromatic rings. The number of methoxy groups -OCH3 is 1. The van der Waals surface area contributed by atoms with E-state index < -0.39 is 0 Å². The number of hydrogen-bond acceptors (Lipinski definition) is 2. The molecule has 3 aliphatic carbocycles. The molecule has 0 heterocycles. The summed E-state index contributed by atoms with van der Waals surface area (Å²) >= 11 is 0. The Labute approximate surface area is 143 Å². The molecule has 3 rings (SSSR count). The summed E-state index contributed by atoms with van der Waals surface area (Å²) in [4.78, 5) is 0. The van der Waals surface area contributed by atoms with Crippen LogP contribution in [0.25, 0.3) is 0 Å². The summed E-state index contributed by atoms with van der Waals surface area (Å²) in [7, 11) is 1.84. The van der Waals surface area contributed by atoms with Crippen molar-refractivity contribution in [3.63, 3.8) is 0 Å². The van der Waals surface area contributed by atoms with E-state index in [0.29, 0.717) is 12.2 Å². The molecule has 0 aromatic heterocycles. The van der Waals surface area contributed by atoms with Gasteiger partial charge in [0.25, 0.3) is 0 Å². The standard InChI is InChI=1S/C21H38O2/c1-16-3-7-18(8-4-16)19-9-5-17(6-10-19)15-23-21-13-11-20(22-2)12-14-21/h16-21H,3-15H2,1-2H3. The molecule has 3 aliphatic rings. The van der Waals surface area contributed by atoms with Gasteiger partial charge in [-0.2, -0.15) is 0 Å². The second-order valence-corrected chi connectivity index (χ2v) is 8.77. The molecule has 0 aromatic carbocycles.